The highest BCUT2D eigenvalue weighted by atomic mass is 16.5. The predicted molar refractivity (Wildman–Crippen MR) is 183 cm³/mol. The number of carbonyl (C=O) groups is 4. The number of aromatic nitrogens is 1. The van der Waals surface area contributed by atoms with E-state index in [1.807, 2.05) is 44.2 Å². The Balaban J connectivity index is 1.40. The highest BCUT2D eigenvalue weighted by Crippen LogP contribution is 2.23. The Morgan fingerprint density at radius 2 is 1.83 bits per heavy atom. The minimum Gasteiger partial charge on any atom is -0.494 e. The number of fused-ring (bicyclic) bond motifs is 4. The van der Waals surface area contributed by atoms with Gasteiger partial charge in [-0.3, -0.25) is 24.2 Å². The highest BCUT2D eigenvalue weighted by molar-refractivity contribution is 5.95. The number of ether oxygens (including phenoxy) is 1. The molecule has 11 nitrogen and oxygen atoms in total. The molecule has 1 unspecified atom stereocenters. The van der Waals surface area contributed by atoms with Crippen LogP contribution in [0, 0.1) is 19.8 Å². The van der Waals surface area contributed by atoms with Crippen LogP contribution < -0.4 is 26.4 Å². The molecular weight excluding hydrogens is 608 g/mol. The third-order valence-electron chi connectivity index (χ3n) is 9.29. The largest absolute Gasteiger partial charge is 0.494 e. The van der Waals surface area contributed by atoms with Crippen molar-refractivity contribution in [3.8, 4) is 5.75 Å². The van der Waals surface area contributed by atoms with Crippen molar-refractivity contribution in [3.05, 3.63) is 88.7 Å². The average molecular weight is 655 g/mol. The zero-order chi connectivity index (χ0) is 34.0. The van der Waals surface area contributed by atoms with Crippen molar-refractivity contribution in [3.63, 3.8) is 0 Å². The number of rotatable bonds is 6. The summed E-state index contributed by atoms with van der Waals surface area (Å²) in [5.74, 6) is -0.575. The lowest BCUT2D eigenvalue weighted by Crippen LogP contribution is -2.55. The van der Waals surface area contributed by atoms with E-state index in [0.717, 1.165) is 52.8 Å². The molecule has 48 heavy (non-hydrogen) atoms. The molecule has 1 saturated heterocycles. The fourth-order valence-corrected chi connectivity index (χ4v) is 6.35. The SMILES string of the molecule is Cc1ccc2cc1CNC(=O)[C@H](CCc1ccncc1)NC(=O)[C@@H](NC(=O)Cc1ccc(N)cc1C)CC(=O)N1CCCC(CCO2)C1. The summed E-state index contributed by atoms with van der Waals surface area (Å²) in [6, 6.07) is 12.8. The Kier molecular flexibility index (Phi) is 11.7. The molecule has 4 bridgehead atoms. The molecule has 1 fully saturated rings. The molecule has 1 aromatic heterocycles. The normalized spacial score (nSPS) is 20.8. The molecule has 254 valence electrons. The van der Waals surface area contributed by atoms with Gasteiger partial charge in [0.2, 0.25) is 23.6 Å². The van der Waals surface area contributed by atoms with Crippen LogP contribution in [0.3, 0.4) is 0 Å². The van der Waals surface area contributed by atoms with Crippen LogP contribution in [0.1, 0.15) is 59.9 Å². The Morgan fingerprint density at radius 1 is 1.02 bits per heavy atom. The number of amides is 4. The number of aryl methyl sites for hydroxylation is 3. The Morgan fingerprint density at radius 3 is 2.62 bits per heavy atom. The second kappa shape index (κ2) is 16.3. The Hall–Kier alpha value is -4.93. The number of hydrogen-bond donors (Lipinski definition) is 4. The number of piperidine rings is 1. The molecule has 2 aromatic carbocycles. The van der Waals surface area contributed by atoms with Crippen molar-refractivity contribution < 1.29 is 23.9 Å². The quantitative estimate of drug-likeness (QED) is 0.298. The van der Waals surface area contributed by atoms with Crippen molar-refractivity contribution in [2.75, 3.05) is 25.4 Å². The maximum atomic E-state index is 14.0. The second-order valence-corrected chi connectivity index (χ2v) is 12.9. The number of carbonyl (C=O) groups excluding carboxylic acids is 4. The van der Waals surface area contributed by atoms with E-state index in [1.165, 1.54) is 0 Å². The summed E-state index contributed by atoms with van der Waals surface area (Å²) < 4.78 is 6.11. The molecule has 0 radical (unpaired) electrons. The standard InChI is InChI=1S/C37H46N6O5/c1-24-5-9-31-19-29(24)22-40-36(46)32(10-6-26-11-14-39-15-12-26)42-37(47)33(41-34(44)20-28-7-8-30(38)18-25(28)2)21-35(45)43-16-3-4-27(23-43)13-17-48-31/h5,7-9,11-12,14-15,18-19,27,32-33H,3-4,6,10,13,16-17,20-23,38H2,1-2H3,(H,40,46)(H,41,44)(H,42,47)/t27?,32-,33-/m0/s1. The molecule has 2 aliphatic heterocycles. The number of nitrogen functional groups attached to an aromatic ring is 1. The lowest BCUT2D eigenvalue weighted by molar-refractivity contribution is -0.138. The molecule has 3 atom stereocenters. The van der Waals surface area contributed by atoms with Crippen LogP contribution in [0.5, 0.6) is 5.75 Å². The third-order valence-corrected chi connectivity index (χ3v) is 9.29. The van der Waals surface area contributed by atoms with E-state index in [-0.39, 0.29) is 37.1 Å². The summed E-state index contributed by atoms with van der Waals surface area (Å²) in [7, 11) is 0. The van der Waals surface area contributed by atoms with E-state index in [9.17, 15) is 19.2 Å². The van der Waals surface area contributed by atoms with Gasteiger partial charge in [-0.2, -0.15) is 0 Å². The van der Waals surface area contributed by atoms with Crippen LogP contribution in [0.2, 0.25) is 0 Å². The van der Waals surface area contributed by atoms with Crippen molar-refractivity contribution in [1.29, 1.82) is 0 Å². The summed E-state index contributed by atoms with van der Waals surface area (Å²) in [6.07, 6.45) is 6.58. The van der Waals surface area contributed by atoms with E-state index >= 15 is 0 Å². The molecule has 3 heterocycles. The van der Waals surface area contributed by atoms with Gasteiger partial charge >= 0.3 is 0 Å². The van der Waals surface area contributed by atoms with E-state index in [1.54, 1.807) is 35.5 Å². The van der Waals surface area contributed by atoms with Gasteiger partial charge in [0.25, 0.3) is 0 Å². The van der Waals surface area contributed by atoms with Gasteiger partial charge in [-0.05, 0) is 116 Å². The summed E-state index contributed by atoms with van der Waals surface area (Å²) in [6.45, 7) is 5.75. The summed E-state index contributed by atoms with van der Waals surface area (Å²) in [5, 5.41) is 8.69. The number of pyridine rings is 1. The molecule has 3 aromatic rings. The van der Waals surface area contributed by atoms with Crippen molar-refractivity contribution in [2.45, 2.75) is 77.4 Å². The monoisotopic (exact) mass is 654 g/mol. The first-order chi connectivity index (χ1) is 23.1. The first-order valence-corrected chi connectivity index (χ1v) is 16.8. The van der Waals surface area contributed by atoms with Gasteiger partial charge in [-0.1, -0.05) is 12.1 Å². The van der Waals surface area contributed by atoms with Gasteiger partial charge in [-0.15, -0.1) is 0 Å². The second-order valence-electron chi connectivity index (χ2n) is 12.9. The maximum Gasteiger partial charge on any atom is 0.243 e. The summed E-state index contributed by atoms with van der Waals surface area (Å²) in [4.78, 5) is 60.5. The summed E-state index contributed by atoms with van der Waals surface area (Å²) >= 11 is 0. The molecule has 0 saturated carbocycles. The summed E-state index contributed by atoms with van der Waals surface area (Å²) in [5.41, 5.74) is 11.0. The minimum absolute atomic E-state index is 0.0141. The molecule has 5 rings (SSSR count). The van der Waals surface area contributed by atoms with Gasteiger partial charge in [0.05, 0.1) is 19.4 Å². The third kappa shape index (κ3) is 9.56. The molecule has 5 N–H and O–H groups in total. The van der Waals surface area contributed by atoms with Crippen LogP contribution in [0.4, 0.5) is 5.69 Å². The maximum absolute atomic E-state index is 14.0. The molecule has 0 spiro atoms. The fourth-order valence-electron chi connectivity index (χ4n) is 6.35. The molecular formula is C37H46N6O5. The number of nitrogens with one attached hydrogen (secondary N) is 3. The molecule has 4 amide bonds. The number of nitrogens with zero attached hydrogens (tertiary/aromatic N) is 2. The van der Waals surface area contributed by atoms with Crippen molar-refractivity contribution >= 4 is 29.3 Å². The van der Waals surface area contributed by atoms with Crippen LogP contribution in [-0.2, 0) is 38.6 Å². The van der Waals surface area contributed by atoms with Crippen molar-refractivity contribution in [2.24, 2.45) is 5.92 Å². The number of anilines is 1. The average Bonchev–Trinajstić information content (AvgIpc) is 3.07. The highest BCUT2D eigenvalue weighted by Gasteiger charge is 2.32. The fraction of sp³-hybridized carbons (Fsp3) is 0.432. The van der Waals surface area contributed by atoms with Crippen LogP contribution in [0.15, 0.2) is 60.9 Å². The van der Waals surface area contributed by atoms with Crippen LogP contribution in [-0.4, -0.2) is 65.3 Å². The Bertz CT molecular complexity index is 1610. The van der Waals surface area contributed by atoms with E-state index in [0.29, 0.717) is 38.2 Å². The van der Waals surface area contributed by atoms with Gasteiger partial charge in [0.15, 0.2) is 0 Å². The first-order valence-electron chi connectivity index (χ1n) is 16.8. The number of hydrogen-bond acceptors (Lipinski definition) is 7. The van der Waals surface area contributed by atoms with Crippen LogP contribution in [0.25, 0.3) is 0 Å². The lowest BCUT2D eigenvalue weighted by atomic mass is 9.94. The van der Waals surface area contributed by atoms with Gasteiger partial charge in [0, 0.05) is 37.7 Å². The zero-order valence-corrected chi connectivity index (χ0v) is 27.8. The van der Waals surface area contributed by atoms with E-state index in [4.69, 9.17) is 10.5 Å². The van der Waals surface area contributed by atoms with Gasteiger partial charge in [0.1, 0.15) is 17.8 Å². The molecule has 11 heteroatoms. The smallest absolute Gasteiger partial charge is 0.243 e. The first kappa shape index (κ1) is 34.4. The van der Waals surface area contributed by atoms with Gasteiger partial charge < -0.3 is 31.3 Å². The Labute approximate surface area is 282 Å². The molecule has 2 aliphatic rings. The number of benzene rings is 2. The topological polar surface area (TPSA) is 156 Å². The molecule has 0 aliphatic carbocycles. The minimum atomic E-state index is -1.17. The lowest BCUT2D eigenvalue weighted by Gasteiger charge is -2.34. The zero-order valence-electron chi connectivity index (χ0n) is 27.8. The predicted octanol–water partition coefficient (Wildman–Crippen LogP) is 3.15. The van der Waals surface area contributed by atoms with Gasteiger partial charge in [-0.25, -0.2) is 0 Å². The number of nitrogens with two attached hydrogens (primary N) is 1. The van der Waals surface area contributed by atoms with E-state index in [2.05, 4.69) is 20.9 Å². The van der Waals surface area contributed by atoms with E-state index < -0.39 is 23.9 Å². The van der Waals surface area contributed by atoms with Crippen molar-refractivity contribution in [1.82, 2.24) is 25.8 Å². The van der Waals surface area contributed by atoms with Crippen LogP contribution >= 0.6 is 0 Å².